The van der Waals surface area contributed by atoms with Crippen molar-refractivity contribution in [3.8, 4) is 0 Å². The van der Waals surface area contributed by atoms with Gasteiger partial charge in [0.15, 0.2) is 0 Å². The Bertz CT molecular complexity index is 541. The highest BCUT2D eigenvalue weighted by molar-refractivity contribution is 5.96. The van der Waals surface area contributed by atoms with Crippen molar-refractivity contribution in [3.63, 3.8) is 0 Å². The summed E-state index contributed by atoms with van der Waals surface area (Å²) >= 11 is 0. The quantitative estimate of drug-likeness (QED) is 0.890. The summed E-state index contributed by atoms with van der Waals surface area (Å²) in [6.07, 6.45) is 2.43. The lowest BCUT2D eigenvalue weighted by Gasteiger charge is -2.17. The Morgan fingerprint density at radius 3 is 2.67 bits per heavy atom. The number of nitrogens with one attached hydrogen (secondary N) is 2. The predicted molar refractivity (Wildman–Crippen MR) is 82.2 cm³/mol. The van der Waals surface area contributed by atoms with E-state index in [2.05, 4.69) is 10.6 Å². The topological polar surface area (TPSA) is 61.4 Å². The van der Waals surface area contributed by atoms with Crippen molar-refractivity contribution >= 4 is 23.2 Å². The smallest absolute Gasteiger partial charge is 0.229 e. The first kappa shape index (κ1) is 14.1. The lowest BCUT2D eigenvalue weighted by molar-refractivity contribution is -0.120. The Hall–Kier alpha value is -1.88. The van der Waals surface area contributed by atoms with Crippen molar-refractivity contribution < 1.29 is 9.59 Å². The molecule has 0 aromatic heterocycles. The minimum Gasteiger partial charge on any atom is -0.326 e. The average Bonchev–Trinajstić information content (AvgIpc) is 3.08. The van der Waals surface area contributed by atoms with Crippen LogP contribution in [0.4, 0.5) is 11.4 Å². The molecule has 2 N–H and O–H groups in total. The number of carbonyl (C=O) groups is 2. The summed E-state index contributed by atoms with van der Waals surface area (Å²) in [5.74, 6) is 0.278. The Kier molecular flexibility index (Phi) is 3.92. The highest BCUT2D eigenvalue weighted by Gasteiger charge is 2.29. The number of nitrogens with zero attached hydrogens (tertiary/aromatic N) is 1. The second-order valence-electron chi connectivity index (χ2n) is 5.82. The SMILES string of the molecule is CC1NCCC1C(=O)Nc1ccc(N2CCCC2=O)cc1. The van der Waals surface area contributed by atoms with Gasteiger partial charge in [0.2, 0.25) is 11.8 Å². The molecule has 2 heterocycles. The fourth-order valence-electron chi connectivity index (χ4n) is 3.10. The maximum atomic E-state index is 12.2. The highest BCUT2D eigenvalue weighted by atomic mass is 16.2. The molecular weight excluding hydrogens is 266 g/mol. The molecule has 1 aromatic carbocycles. The van der Waals surface area contributed by atoms with Crippen molar-refractivity contribution in [1.29, 1.82) is 0 Å². The Labute approximate surface area is 124 Å². The molecule has 21 heavy (non-hydrogen) atoms. The summed E-state index contributed by atoms with van der Waals surface area (Å²) in [6, 6.07) is 7.76. The van der Waals surface area contributed by atoms with Gasteiger partial charge in [-0.2, -0.15) is 0 Å². The molecule has 5 nitrogen and oxygen atoms in total. The van der Waals surface area contributed by atoms with Gasteiger partial charge in [-0.05, 0) is 50.6 Å². The van der Waals surface area contributed by atoms with Crippen molar-refractivity contribution in [2.24, 2.45) is 5.92 Å². The van der Waals surface area contributed by atoms with Crippen LogP contribution >= 0.6 is 0 Å². The van der Waals surface area contributed by atoms with Gasteiger partial charge in [0.05, 0.1) is 5.92 Å². The molecule has 2 saturated heterocycles. The van der Waals surface area contributed by atoms with Crippen LogP contribution in [0.5, 0.6) is 0 Å². The van der Waals surface area contributed by atoms with Gasteiger partial charge < -0.3 is 15.5 Å². The van der Waals surface area contributed by atoms with Crippen LogP contribution in [0.1, 0.15) is 26.2 Å². The van der Waals surface area contributed by atoms with Crippen LogP contribution in [0.3, 0.4) is 0 Å². The fraction of sp³-hybridized carbons (Fsp3) is 0.500. The van der Waals surface area contributed by atoms with E-state index >= 15 is 0 Å². The minimum atomic E-state index is 0.0323. The molecule has 3 rings (SSSR count). The van der Waals surface area contributed by atoms with Gasteiger partial charge in [0.1, 0.15) is 0 Å². The fourth-order valence-corrected chi connectivity index (χ4v) is 3.10. The number of anilines is 2. The van der Waals surface area contributed by atoms with Gasteiger partial charge in [-0.25, -0.2) is 0 Å². The van der Waals surface area contributed by atoms with Gasteiger partial charge in [-0.1, -0.05) is 0 Å². The number of hydrogen-bond acceptors (Lipinski definition) is 3. The molecule has 0 spiro atoms. The molecule has 2 aliphatic rings. The van der Waals surface area contributed by atoms with Crippen LogP contribution < -0.4 is 15.5 Å². The Balaban J connectivity index is 1.64. The normalized spacial score (nSPS) is 25.4. The van der Waals surface area contributed by atoms with Gasteiger partial charge in [0, 0.05) is 30.4 Å². The van der Waals surface area contributed by atoms with Gasteiger partial charge in [-0.15, -0.1) is 0 Å². The largest absolute Gasteiger partial charge is 0.326 e. The van der Waals surface area contributed by atoms with Gasteiger partial charge >= 0.3 is 0 Å². The third-order valence-corrected chi connectivity index (χ3v) is 4.38. The lowest BCUT2D eigenvalue weighted by Crippen LogP contribution is -2.32. The van der Waals surface area contributed by atoms with Gasteiger partial charge in [-0.3, -0.25) is 9.59 Å². The van der Waals surface area contributed by atoms with E-state index in [0.29, 0.717) is 6.42 Å². The molecule has 1 aromatic rings. The van der Waals surface area contributed by atoms with Crippen molar-refractivity contribution in [3.05, 3.63) is 24.3 Å². The number of hydrogen-bond donors (Lipinski definition) is 2. The number of amides is 2. The molecular formula is C16H21N3O2. The molecule has 5 heteroatoms. The van der Waals surface area contributed by atoms with E-state index < -0.39 is 0 Å². The molecule has 2 unspecified atom stereocenters. The second kappa shape index (κ2) is 5.85. The van der Waals surface area contributed by atoms with Crippen LogP contribution in [0.15, 0.2) is 24.3 Å². The van der Waals surface area contributed by atoms with Crippen LogP contribution in [-0.2, 0) is 9.59 Å². The number of carbonyl (C=O) groups excluding carboxylic acids is 2. The zero-order valence-electron chi connectivity index (χ0n) is 12.3. The van der Waals surface area contributed by atoms with E-state index in [4.69, 9.17) is 0 Å². The molecule has 0 saturated carbocycles. The summed E-state index contributed by atoms with van der Waals surface area (Å²) in [5, 5.41) is 6.24. The summed E-state index contributed by atoms with van der Waals surface area (Å²) in [4.78, 5) is 25.7. The minimum absolute atomic E-state index is 0.0323. The molecule has 2 aliphatic heterocycles. The Morgan fingerprint density at radius 1 is 1.33 bits per heavy atom. The maximum absolute atomic E-state index is 12.2. The zero-order valence-corrected chi connectivity index (χ0v) is 12.3. The van der Waals surface area contributed by atoms with Crippen LogP contribution in [-0.4, -0.2) is 30.9 Å². The van der Waals surface area contributed by atoms with E-state index in [0.717, 1.165) is 37.3 Å². The van der Waals surface area contributed by atoms with Crippen molar-refractivity contribution in [2.75, 3.05) is 23.3 Å². The zero-order chi connectivity index (χ0) is 14.8. The molecule has 0 radical (unpaired) electrons. The van der Waals surface area contributed by atoms with Crippen molar-refractivity contribution in [1.82, 2.24) is 5.32 Å². The van der Waals surface area contributed by atoms with Crippen molar-refractivity contribution in [2.45, 2.75) is 32.2 Å². The number of benzene rings is 1. The summed E-state index contributed by atoms with van der Waals surface area (Å²) < 4.78 is 0. The lowest BCUT2D eigenvalue weighted by atomic mass is 10.0. The summed E-state index contributed by atoms with van der Waals surface area (Å²) in [6.45, 7) is 3.73. The predicted octanol–water partition coefficient (Wildman–Crippen LogP) is 1.75. The monoisotopic (exact) mass is 287 g/mol. The highest BCUT2D eigenvalue weighted by Crippen LogP contribution is 2.24. The first-order valence-electron chi connectivity index (χ1n) is 7.60. The van der Waals surface area contributed by atoms with Crippen LogP contribution in [0.2, 0.25) is 0 Å². The molecule has 2 amide bonds. The van der Waals surface area contributed by atoms with E-state index in [1.807, 2.05) is 31.2 Å². The molecule has 2 atom stereocenters. The molecule has 0 bridgehead atoms. The van der Waals surface area contributed by atoms with Crippen LogP contribution in [0.25, 0.3) is 0 Å². The average molecular weight is 287 g/mol. The van der Waals surface area contributed by atoms with E-state index in [9.17, 15) is 9.59 Å². The first-order chi connectivity index (χ1) is 10.1. The molecule has 112 valence electrons. The summed E-state index contributed by atoms with van der Waals surface area (Å²) in [7, 11) is 0. The number of rotatable bonds is 3. The van der Waals surface area contributed by atoms with Gasteiger partial charge in [0.25, 0.3) is 0 Å². The van der Waals surface area contributed by atoms with E-state index in [1.54, 1.807) is 4.90 Å². The molecule has 2 fully saturated rings. The summed E-state index contributed by atoms with van der Waals surface area (Å²) in [5.41, 5.74) is 1.70. The maximum Gasteiger partial charge on any atom is 0.229 e. The Morgan fingerprint density at radius 2 is 2.10 bits per heavy atom. The van der Waals surface area contributed by atoms with E-state index in [1.165, 1.54) is 0 Å². The van der Waals surface area contributed by atoms with Crippen LogP contribution in [0, 0.1) is 5.92 Å². The first-order valence-corrected chi connectivity index (χ1v) is 7.60. The van der Waals surface area contributed by atoms with E-state index in [-0.39, 0.29) is 23.8 Å². The molecule has 0 aliphatic carbocycles. The third kappa shape index (κ3) is 2.93. The standard InChI is InChI=1S/C16H21N3O2/c1-11-14(8-9-17-11)16(21)18-12-4-6-13(7-5-12)19-10-2-3-15(19)20/h4-7,11,14,17H,2-3,8-10H2,1H3,(H,18,21). The third-order valence-electron chi connectivity index (χ3n) is 4.38. The second-order valence-corrected chi connectivity index (χ2v) is 5.82.